The van der Waals surface area contributed by atoms with E-state index in [0.29, 0.717) is 11.4 Å². The molecule has 0 radical (unpaired) electrons. The second-order valence-electron chi connectivity index (χ2n) is 4.80. The molecule has 0 amide bonds. The topological polar surface area (TPSA) is 76.0 Å². The highest BCUT2D eigenvalue weighted by Gasteiger charge is 2.13. The van der Waals surface area contributed by atoms with Crippen LogP contribution in [0.1, 0.15) is 12.0 Å². The summed E-state index contributed by atoms with van der Waals surface area (Å²) in [6.07, 6.45) is 7.58. The zero-order chi connectivity index (χ0) is 15.1. The van der Waals surface area contributed by atoms with Crippen molar-refractivity contribution < 1.29 is 8.42 Å². The van der Waals surface area contributed by atoms with Gasteiger partial charge in [0.05, 0.1) is 4.90 Å². The van der Waals surface area contributed by atoms with Gasteiger partial charge in [-0.1, -0.05) is 6.07 Å². The van der Waals surface area contributed by atoms with E-state index in [1.807, 2.05) is 18.3 Å². The Bertz CT molecular complexity index is 653. The molecule has 2 aromatic heterocycles. The summed E-state index contributed by atoms with van der Waals surface area (Å²) >= 11 is 0. The van der Waals surface area contributed by atoms with Gasteiger partial charge in [0.25, 0.3) is 0 Å². The lowest BCUT2D eigenvalue weighted by Gasteiger charge is -2.06. The molecule has 0 saturated carbocycles. The molecular formula is C14H20N4O2S. The molecule has 0 spiro atoms. The van der Waals surface area contributed by atoms with Crippen LogP contribution in [0.4, 0.5) is 0 Å². The van der Waals surface area contributed by atoms with Gasteiger partial charge in [0.1, 0.15) is 0 Å². The highest BCUT2D eigenvalue weighted by molar-refractivity contribution is 7.89. The Morgan fingerprint density at radius 1 is 1.29 bits per heavy atom. The van der Waals surface area contributed by atoms with Gasteiger partial charge in [-0.15, -0.1) is 0 Å². The van der Waals surface area contributed by atoms with Gasteiger partial charge in [0.2, 0.25) is 10.0 Å². The Hall–Kier alpha value is -1.70. The number of nitrogens with zero attached hydrogens (tertiary/aromatic N) is 2. The fraction of sp³-hybridized carbons (Fsp3) is 0.357. The number of pyridine rings is 1. The molecule has 0 unspecified atom stereocenters. The Kier molecular flexibility index (Phi) is 5.49. The van der Waals surface area contributed by atoms with Gasteiger partial charge in [-0.05, 0) is 30.7 Å². The van der Waals surface area contributed by atoms with Crippen LogP contribution in [0.25, 0.3) is 0 Å². The minimum Gasteiger partial charge on any atom is -0.356 e. The lowest BCUT2D eigenvalue weighted by molar-refractivity contribution is 0.573. The van der Waals surface area contributed by atoms with Crippen molar-refractivity contribution in [1.82, 2.24) is 19.6 Å². The van der Waals surface area contributed by atoms with Crippen LogP contribution in [-0.4, -0.2) is 31.1 Å². The molecule has 0 atom stereocenters. The maximum atomic E-state index is 11.9. The van der Waals surface area contributed by atoms with Crippen LogP contribution in [-0.2, 0) is 23.6 Å². The molecule has 2 heterocycles. The van der Waals surface area contributed by atoms with E-state index in [4.69, 9.17) is 0 Å². The van der Waals surface area contributed by atoms with Gasteiger partial charge >= 0.3 is 0 Å². The lowest BCUT2D eigenvalue weighted by atomic mass is 10.3. The average molecular weight is 308 g/mol. The molecular weight excluding hydrogens is 288 g/mol. The number of aryl methyl sites for hydroxylation is 1. The van der Waals surface area contributed by atoms with Crippen LogP contribution in [0.15, 0.2) is 47.9 Å². The molecule has 2 aromatic rings. The van der Waals surface area contributed by atoms with Crippen LogP contribution in [0.2, 0.25) is 0 Å². The van der Waals surface area contributed by atoms with E-state index in [2.05, 4.69) is 15.0 Å². The first-order chi connectivity index (χ1) is 10.1. The van der Waals surface area contributed by atoms with E-state index in [1.165, 1.54) is 0 Å². The lowest BCUT2D eigenvalue weighted by Crippen LogP contribution is -2.27. The molecule has 0 fully saturated rings. The Morgan fingerprint density at radius 2 is 2.14 bits per heavy atom. The minimum atomic E-state index is -3.39. The average Bonchev–Trinajstić information content (AvgIpc) is 2.91. The molecule has 2 N–H and O–H groups in total. The highest BCUT2D eigenvalue weighted by atomic mass is 32.2. The van der Waals surface area contributed by atoms with Crippen molar-refractivity contribution in [2.24, 2.45) is 7.05 Å². The number of sulfonamides is 1. The molecule has 2 rings (SSSR count). The fourth-order valence-electron chi connectivity index (χ4n) is 1.88. The van der Waals surface area contributed by atoms with E-state index in [1.54, 1.807) is 36.3 Å². The molecule has 0 saturated heterocycles. The summed E-state index contributed by atoms with van der Waals surface area (Å²) in [5.41, 5.74) is 1.11. The predicted octanol–water partition coefficient (Wildman–Crippen LogP) is 0.878. The summed E-state index contributed by atoms with van der Waals surface area (Å²) in [7, 11) is -1.59. The van der Waals surface area contributed by atoms with Crippen molar-refractivity contribution >= 4 is 10.0 Å². The molecule has 114 valence electrons. The fourth-order valence-corrected chi connectivity index (χ4v) is 3.00. The largest absolute Gasteiger partial charge is 0.356 e. The smallest absolute Gasteiger partial charge is 0.242 e. The Labute approximate surface area is 125 Å². The van der Waals surface area contributed by atoms with Crippen molar-refractivity contribution in [1.29, 1.82) is 0 Å². The van der Waals surface area contributed by atoms with E-state index in [0.717, 1.165) is 25.1 Å². The Morgan fingerprint density at radius 3 is 2.81 bits per heavy atom. The van der Waals surface area contributed by atoms with Crippen LogP contribution in [0, 0.1) is 0 Å². The molecule has 7 heteroatoms. The maximum absolute atomic E-state index is 11.9. The van der Waals surface area contributed by atoms with Crippen molar-refractivity contribution in [2.45, 2.75) is 17.9 Å². The van der Waals surface area contributed by atoms with Gasteiger partial charge in [0.15, 0.2) is 0 Å². The molecule has 0 aliphatic heterocycles. The third-order valence-corrected chi connectivity index (χ3v) is 4.44. The summed E-state index contributed by atoms with van der Waals surface area (Å²) in [6, 6.07) is 5.48. The molecule has 6 nitrogen and oxygen atoms in total. The second kappa shape index (κ2) is 7.35. The zero-order valence-corrected chi connectivity index (χ0v) is 12.8. The summed E-state index contributed by atoms with van der Waals surface area (Å²) in [4.78, 5) is 4.33. The van der Waals surface area contributed by atoms with Crippen LogP contribution in [0.5, 0.6) is 0 Å². The first-order valence-corrected chi connectivity index (χ1v) is 8.27. The van der Waals surface area contributed by atoms with Gasteiger partial charge in [-0.3, -0.25) is 4.98 Å². The first-order valence-electron chi connectivity index (χ1n) is 6.79. The quantitative estimate of drug-likeness (QED) is 0.710. The summed E-state index contributed by atoms with van der Waals surface area (Å²) in [5.74, 6) is 0. The number of rotatable bonds is 8. The van der Waals surface area contributed by atoms with Crippen molar-refractivity contribution in [2.75, 3.05) is 13.1 Å². The monoisotopic (exact) mass is 308 g/mol. The van der Waals surface area contributed by atoms with E-state index >= 15 is 0 Å². The number of hydrogen-bond acceptors (Lipinski definition) is 4. The van der Waals surface area contributed by atoms with E-state index in [-0.39, 0.29) is 0 Å². The van der Waals surface area contributed by atoms with Gasteiger partial charge < -0.3 is 9.88 Å². The summed E-state index contributed by atoms with van der Waals surface area (Å²) in [6.45, 7) is 1.89. The predicted molar refractivity (Wildman–Crippen MR) is 81.2 cm³/mol. The van der Waals surface area contributed by atoms with E-state index in [9.17, 15) is 8.42 Å². The minimum absolute atomic E-state index is 0.299. The van der Waals surface area contributed by atoms with Crippen LogP contribution >= 0.6 is 0 Å². The first kappa shape index (κ1) is 15.7. The number of aromatic nitrogens is 2. The molecule has 0 aromatic carbocycles. The summed E-state index contributed by atoms with van der Waals surface area (Å²) in [5, 5.41) is 3.25. The standard InChI is InChI=1S/C14H20N4O2S/c1-18-9-5-14(12-18)21(19,20)17-8-3-7-16-11-13-4-2-6-15-10-13/h2,4-6,9-10,12,16-17H,3,7-8,11H2,1H3. The third kappa shape index (κ3) is 4.96. The SMILES string of the molecule is Cn1ccc(S(=O)(=O)NCCCNCc2cccnc2)c1. The molecule has 0 bridgehead atoms. The molecule has 21 heavy (non-hydrogen) atoms. The van der Waals surface area contributed by atoms with Gasteiger partial charge in [-0.2, -0.15) is 0 Å². The van der Waals surface area contributed by atoms with Gasteiger partial charge in [-0.25, -0.2) is 13.1 Å². The number of hydrogen-bond donors (Lipinski definition) is 2. The maximum Gasteiger partial charge on any atom is 0.242 e. The molecule has 0 aliphatic rings. The van der Waals surface area contributed by atoms with Crippen LogP contribution < -0.4 is 10.0 Å². The van der Waals surface area contributed by atoms with Crippen molar-refractivity contribution in [3.8, 4) is 0 Å². The van der Waals surface area contributed by atoms with Gasteiger partial charge in [0, 0.05) is 44.9 Å². The highest BCUT2D eigenvalue weighted by Crippen LogP contribution is 2.07. The van der Waals surface area contributed by atoms with Crippen LogP contribution in [0.3, 0.4) is 0 Å². The third-order valence-electron chi connectivity index (χ3n) is 2.99. The normalized spacial score (nSPS) is 11.7. The number of nitrogens with one attached hydrogen (secondary N) is 2. The second-order valence-corrected chi connectivity index (χ2v) is 6.57. The Balaban J connectivity index is 1.66. The molecule has 0 aliphatic carbocycles. The van der Waals surface area contributed by atoms with Crippen molar-refractivity contribution in [3.63, 3.8) is 0 Å². The summed E-state index contributed by atoms with van der Waals surface area (Å²) < 4.78 is 28.2. The van der Waals surface area contributed by atoms with Crippen molar-refractivity contribution in [3.05, 3.63) is 48.5 Å². The zero-order valence-electron chi connectivity index (χ0n) is 12.0. The van der Waals surface area contributed by atoms with E-state index < -0.39 is 10.0 Å².